The third-order valence-corrected chi connectivity index (χ3v) is 3.63. The van der Waals surface area contributed by atoms with Gasteiger partial charge in [0.2, 0.25) is 0 Å². The Morgan fingerprint density at radius 3 is 2.50 bits per heavy atom. The zero-order valence-corrected chi connectivity index (χ0v) is 9.67. The molecule has 0 spiro atoms. The van der Waals surface area contributed by atoms with Gasteiger partial charge in [-0.05, 0) is 19.8 Å². The van der Waals surface area contributed by atoms with Crippen molar-refractivity contribution in [1.82, 2.24) is 19.9 Å². The molecule has 2 aliphatic rings. The summed E-state index contributed by atoms with van der Waals surface area (Å²) in [7, 11) is 0. The van der Waals surface area contributed by atoms with Gasteiger partial charge >= 0.3 is 0 Å². The molecule has 0 amide bonds. The molecule has 3 rings (SSSR count). The Morgan fingerprint density at radius 2 is 2.00 bits per heavy atom. The van der Waals surface area contributed by atoms with Gasteiger partial charge in [0.1, 0.15) is 0 Å². The maximum atomic E-state index is 5.23. The van der Waals surface area contributed by atoms with E-state index in [9.17, 15) is 0 Å². The maximum absolute atomic E-state index is 5.23. The number of ether oxygens (including phenoxy) is 1. The molecule has 0 radical (unpaired) electrons. The van der Waals surface area contributed by atoms with Crippen LogP contribution in [0.15, 0.2) is 6.20 Å². The summed E-state index contributed by atoms with van der Waals surface area (Å²) in [4.78, 5) is 2.55. The molecule has 88 valence electrons. The molecule has 5 nitrogen and oxygen atoms in total. The molecule has 1 aromatic rings. The molecular formula is C11H18N4O. The Morgan fingerprint density at radius 1 is 1.25 bits per heavy atom. The molecule has 0 atom stereocenters. The lowest BCUT2D eigenvalue weighted by Gasteiger charge is -2.41. The van der Waals surface area contributed by atoms with Gasteiger partial charge in [-0.3, -0.25) is 4.90 Å². The zero-order valence-electron chi connectivity index (χ0n) is 9.67. The third kappa shape index (κ3) is 1.85. The van der Waals surface area contributed by atoms with Crippen LogP contribution < -0.4 is 0 Å². The van der Waals surface area contributed by atoms with Crippen LogP contribution in [-0.4, -0.2) is 52.2 Å². The fourth-order valence-electron chi connectivity index (χ4n) is 2.49. The van der Waals surface area contributed by atoms with E-state index < -0.39 is 0 Å². The van der Waals surface area contributed by atoms with Crippen molar-refractivity contribution < 1.29 is 4.74 Å². The number of aryl methyl sites for hydroxylation is 1. The molecule has 1 aromatic heterocycles. The summed E-state index contributed by atoms with van der Waals surface area (Å²) in [5.41, 5.74) is 1.01. The molecule has 3 heterocycles. The van der Waals surface area contributed by atoms with Gasteiger partial charge in [-0.15, -0.1) is 5.10 Å². The van der Waals surface area contributed by atoms with Crippen LogP contribution >= 0.6 is 0 Å². The Balaban J connectivity index is 1.57. The van der Waals surface area contributed by atoms with E-state index in [0.29, 0.717) is 12.1 Å². The average molecular weight is 222 g/mol. The topological polar surface area (TPSA) is 43.2 Å². The van der Waals surface area contributed by atoms with Gasteiger partial charge in [-0.2, -0.15) is 0 Å². The van der Waals surface area contributed by atoms with Crippen molar-refractivity contribution in [3.05, 3.63) is 11.9 Å². The van der Waals surface area contributed by atoms with Crippen LogP contribution in [0.5, 0.6) is 0 Å². The van der Waals surface area contributed by atoms with Crippen LogP contribution in [0, 0.1) is 6.92 Å². The standard InChI is InChI=1S/C11H18N4O/c1-9-6-15(13-12-9)10-2-4-14(5-3-10)11-7-16-8-11/h6,10-11H,2-5,7-8H2,1H3. The Labute approximate surface area is 95.4 Å². The van der Waals surface area contributed by atoms with Crippen molar-refractivity contribution in [2.45, 2.75) is 31.8 Å². The van der Waals surface area contributed by atoms with Crippen molar-refractivity contribution in [3.8, 4) is 0 Å². The van der Waals surface area contributed by atoms with Gasteiger partial charge in [0.15, 0.2) is 0 Å². The molecule has 0 aliphatic carbocycles. The second kappa shape index (κ2) is 4.14. The van der Waals surface area contributed by atoms with Gasteiger partial charge < -0.3 is 4.74 Å². The summed E-state index contributed by atoms with van der Waals surface area (Å²) in [6, 6.07) is 1.22. The van der Waals surface area contributed by atoms with Gasteiger partial charge in [0.05, 0.1) is 31.0 Å². The summed E-state index contributed by atoms with van der Waals surface area (Å²) in [6.45, 7) is 6.17. The van der Waals surface area contributed by atoms with Crippen LogP contribution in [-0.2, 0) is 4.74 Å². The smallest absolute Gasteiger partial charge is 0.0796 e. The summed E-state index contributed by atoms with van der Waals surface area (Å²) in [6.07, 6.45) is 4.41. The Bertz CT molecular complexity index is 353. The summed E-state index contributed by atoms with van der Waals surface area (Å²) in [5, 5.41) is 8.22. The number of nitrogens with zero attached hydrogens (tertiary/aromatic N) is 4. The lowest BCUT2D eigenvalue weighted by atomic mass is 10.0. The van der Waals surface area contributed by atoms with Crippen molar-refractivity contribution in [1.29, 1.82) is 0 Å². The second-order valence-electron chi connectivity index (χ2n) is 4.80. The molecule has 2 fully saturated rings. The van der Waals surface area contributed by atoms with Gasteiger partial charge in [0, 0.05) is 19.3 Å². The molecule has 2 aliphatic heterocycles. The second-order valence-corrected chi connectivity index (χ2v) is 4.80. The lowest BCUT2D eigenvalue weighted by Crippen LogP contribution is -2.51. The molecule has 16 heavy (non-hydrogen) atoms. The molecule has 0 aromatic carbocycles. The van der Waals surface area contributed by atoms with E-state index in [2.05, 4.69) is 15.2 Å². The minimum absolute atomic E-state index is 0.540. The minimum Gasteiger partial charge on any atom is -0.378 e. The zero-order chi connectivity index (χ0) is 11.0. The quantitative estimate of drug-likeness (QED) is 0.736. The first kappa shape index (κ1) is 10.2. The highest BCUT2D eigenvalue weighted by Crippen LogP contribution is 2.24. The number of piperidine rings is 1. The number of rotatable bonds is 2. The molecule has 0 bridgehead atoms. The SMILES string of the molecule is Cc1cn(C2CCN(C3COC3)CC2)nn1. The molecule has 2 saturated heterocycles. The van der Waals surface area contributed by atoms with Crippen molar-refractivity contribution in [2.24, 2.45) is 0 Å². The first-order valence-electron chi connectivity index (χ1n) is 6.03. The first-order chi connectivity index (χ1) is 7.83. The van der Waals surface area contributed by atoms with Gasteiger partial charge in [-0.1, -0.05) is 5.21 Å². The van der Waals surface area contributed by atoms with Crippen molar-refractivity contribution in [2.75, 3.05) is 26.3 Å². The van der Waals surface area contributed by atoms with E-state index in [0.717, 1.165) is 32.0 Å². The van der Waals surface area contributed by atoms with Crippen LogP contribution in [0.4, 0.5) is 0 Å². The highest BCUT2D eigenvalue weighted by molar-refractivity contribution is 4.90. The number of hydrogen-bond donors (Lipinski definition) is 0. The predicted octanol–water partition coefficient (Wildman–Crippen LogP) is 0.622. The van der Waals surface area contributed by atoms with Gasteiger partial charge in [0.25, 0.3) is 0 Å². The van der Waals surface area contributed by atoms with E-state index in [4.69, 9.17) is 4.74 Å². The van der Waals surface area contributed by atoms with Crippen molar-refractivity contribution >= 4 is 0 Å². The fourth-order valence-corrected chi connectivity index (χ4v) is 2.49. The van der Waals surface area contributed by atoms with E-state index in [-0.39, 0.29) is 0 Å². The van der Waals surface area contributed by atoms with Crippen LogP contribution in [0.1, 0.15) is 24.6 Å². The largest absolute Gasteiger partial charge is 0.378 e. The molecule has 5 heteroatoms. The van der Waals surface area contributed by atoms with E-state index in [1.165, 1.54) is 12.8 Å². The summed E-state index contributed by atoms with van der Waals surface area (Å²) >= 11 is 0. The molecule has 0 N–H and O–H groups in total. The van der Waals surface area contributed by atoms with E-state index >= 15 is 0 Å². The number of likely N-dealkylation sites (tertiary alicyclic amines) is 1. The number of aromatic nitrogens is 3. The Hall–Kier alpha value is -0.940. The molecular weight excluding hydrogens is 204 g/mol. The summed E-state index contributed by atoms with van der Waals surface area (Å²) in [5.74, 6) is 0. The minimum atomic E-state index is 0.540. The highest BCUT2D eigenvalue weighted by atomic mass is 16.5. The lowest BCUT2D eigenvalue weighted by molar-refractivity contribution is -0.0734. The fraction of sp³-hybridized carbons (Fsp3) is 0.818. The molecule has 0 saturated carbocycles. The Kier molecular flexibility index (Phi) is 2.65. The molecule has 0 unspecified atom stereocenters. The van der Waals surface area contributed by atoms with Crippen LogP contribution in [0.25, 0.3) is 0 Å². The van der Waals surface area contributed by atoms with Crippen LogP contribution in [0.2, 0.25) is 0 Å². The normalized spacial score (nSPS) is 24.6. The van der Waals surface area contributed by atoms with Crippen LogP contribution in [0.3, 0.4) is 0 Å². The third-order valence-electron chi connectivity index (χ3n) is 3.63. The predicted molar refractivity (Wildman–Crippen MR) is 59.2 cm³/mol. The highest BCUT2D eigenvalue weighted by Gasteiger charge is 2.30. The van der Waals surface area contributed by atoms with Crippen molar-refractivity contribution in [3.63, 3.8) is 0 Å². The maximum Gasteiger partial charge on any atom is 0.0796 e. The number of hydrogen-bond acceptors (Lipinski definition) is 4. The summed E-state index contributed by atoms with van der Waals surface area (Å²) < 4.78 is 7.27. The van der Waals surface area contributed by atoms with Gasteiger partial charge in [-0.25, -0.2) is 4.68 Å². The monoisotopic (exact) mass is 222 g/mol. The first-order valence-corrected chi connectivity index (χ1v) is 6.03. The van der Waals surface area contributed by atoms with E-state index in [1.54, 1.807) is 0 Å². The van der Waals surface area contributed by atoms with E-state index in [1.807, 2.05) is 17.8 Å². The average Bonchev–Trinajstić information content (AvgIpc) is 2.63.